The van der Waals surface area contributed by atoms with Gasteiger partial charge in [0.15, 0.2) is 0 Å². The molecule has 0 aromatic heterocycles. The van der Waals surface area contributed by atoms with Crippen LogP contribution in [-0.4, -0.2) is 6.54 Å². The summed E-state index contributed by atoms with van der Waals surface area (Å²) in [6, 6.07) is 4.98. The number of benzene rings is 1. The zero-order chi connectivity index (χ0) is 8.97. The van der Waals surface area contributed by atoms with Crippen LogP contribution in [0.5, 0.6) is 0 Å². The predicted molar refractivity (Wildman–Crippen MR) is 49.8 cm³/mol. The summed E-state index contributed by atoms with van der Waals surface area (Å²) in [5.41, 5.74) is 1.58. The van der Waals surface area contributed by atoms with Crippen molar-refractivity contribution in [3.63, 3.8) is 0 Å². The molecule has 0 spiro atoms. The van der Waals surface area contributed by atoms with Crippen LogP contribution in [0.1, 0.15) is 5.56 Å². The molecule has 1 nitrogen and oxygen atoms in total. The van der Waals surface area contributed by atoms with Gasteiger partial charge < -0.3 is 5.32 Å². The molecule has 0 aliphatic heterocycles. The number of anilines is 1. The Balaban J connectivity index is 2.82. The van der Waals surface area contributed by atoms with E-state index >= 15 is 0 Å². The summed E-state index contributed by atoms with van der Waals surface area (Å²) in [6.07, 6.45) is 1.70. The lowest BCUT2D eigenvalue weighted by atomic mass is 10.2. The average Bonchev–Trinajstić information content (AvgIpc) is 2.07. The van der Waals surface area contributed by atoms with Gasteiger partial charge >= 0.3 is 0 Å². The van der Waals surface area contributed by atoms with E-state index in [1.54, 1.807) is 18.2 Å². The minimum Gasteiger partial charge on any atom is -0.379 e. The van der Waals surface area contributed by atoms with Gasteiger partial charge in [-0.2, -0.15) is 0 Å². The smallest absolute Gasteiger partial charge is 0.146 e. The van der Waals surface area contributed by atoms with Crippen molar-refractivity contribution < 1.29 is 4.39 Å². The average molecular weight is 165 g/mol. The Morgan fingerprint density at radius 2 is 2.33 bits per heavy atom. The van der Waals surface area contributed by atoms with Gasteiger partial charge in [-0.25, -0.2) is 4.39 Å². The third-order valence-electron chi connectivity index (χ3n) is 1.56. The van der Waals surface area contributed by atoms with Gasteiger partial charge in [-0.05, 0) is 24.6 Å². The first-order valence-electron chi connectivity index (χ1n) is 3.85. The van der Waals surface area contributed by atoms with Crippen LogP contribution in [0, 0.1) is 12.7 Å². The molecular weight excluding hydrogens is 153 g/mol. The van der Waals surface area contributed by atoms with Crippen molar-refractivity contribution in [2.75, 3.05) is 11.9 Å². The Labute approximate surface area is 71.9 Å². The summed E-state index contributed by atoms with van der Waals surface area (Å²) < 4.78 is 13.0. The standard InChI is InChI=1S/C10H12FN/c1-3-6-12-10-7-8(2)4-5-9(10)11/h3-5,7,12H,1,6H2,2H3. The molecule has 0 amide bonds. The zero-order valence-corrected chi connectivity index (χ0v) is 7.10. The molecule has 12 heavy (non-hydrogen) atoms. The normalized spacial score (nSPS) is 9.50. The summed E-state index contributed by atoms with van der Waals surface area (Å²) in [6.45, 7) is 6.06. The van der Waals surface area contributed by atoms with Crippen molar-refractivity contribution in [3.8, 4) is 0 Å². The van der Waals surface area contributed by atoms with E-state index in [1.807, 2.05) is 6.92 Å². The van der Waals surface area contributed by atoms with Crippen molar-refractivity contribution in [2.24, 2.45) is 0 Å². The van der Waals surface area contributed by atoms with E-state index in [0.29, 0.717) is 12.2 Å². The molecule has 0 saturated carbocycles. The van der Waals surface area contributed by atoms with Crippen molar-refractivity contribution in [2.45, 2.75) is 6.92 Å². The second-order valence-corrected chi connectivity index (χ2v) is 2.65. The summed E-state index contributed by atoms with van der Waals surface area (Å²) in [7, 11) is 0. The number of hydrogen-bond donors (Lipinski definition) is 1. The lowest BCUT2D eigenvalue weighted by Crippen LogP contribution is -2.00. The second-order valence-electron chi connectivity index (χ2n) is 2.65. The highest BCUT2D eigenvalue weighted by Gasteiger charge is 1.98. The Kier molecular flexibility index (Phi) is 2.86. The van der Waals surface area contributed by atoms with Gasteiger partial charge in [0.05, 0.1) is 5.69 Å². The molecule has 1 rings (SSSR count). The number of rotatable bonds is 3. The third-order valence-corrected chi connectivity index (χ3v) is 1.56. The van der Waals surface area contributed by atoms with Crippen LogP contribution in [0.3, 0.4) is 0 Å². The summed E-state index contributed by atoms with van der Waals surface area (Å²) >= 11 is 0. The maximum Gasteiger partial charge on any atom is 0.146 e. The van der Waals surface area contributed by atoms with Crippen molar-refractivity contribution in [3.05, 3.63) is 42.2 Å². The fourth-order valence-electron chi connectivity index (χ4n) is 0.957. The molecule has 1 N–H and O–H groups in total. The van der Waals surface area contributed by atoms with Crippen LogP contribution in [0.2, 0.25) is 0 Å². The molecule has 0 unspecified atom stereocenters. The second kappa shape index (κ2) is 3.90. The number of nitrogens with one attached hydrogen (secondary N) is 1. The Morgan fingerprint density at radius 3 is 3.00 bits per heavy atom. The molecule has 1 aromatic carbocycles. The van der Waals surface area contributed by atoms with Crippen molar-refractivity contribution >= 4 is 5.69 Å². The molecule has 1 aromatic rings. The first kappa shape index (κ1) is 8.78. The van der Waals surface area contributed by atoms with Crippen LogP contribution >= 0.6 is 0 Å². The maximum absolute atomic E-state index is 13.0. The minimum atomic E-state index is -0.220. The molecule has 2 heteroatoms. The monoisotopic (exact) mass is 165 g/mol. The third kappa shape index (κ3) is 2.09. The lowest BCUT2D eigenvalue weighted by Gasteiger charge is -2.05. The fourth-order valence-corrected chi connectivity index (χ4v) is 0.957. The first-order valence-corrected chi connectivity index (χ1v) is 3.85. The maximum atomic E-state index is 13.0. The van der Waals surface area contributed by atoms with E-state index in [0.717, 1.165) is 5.56 Å². The van der Waals surface area contributed by atoms with E-state index in [9.17, 15) is 4.39 Å². The van der Waals surface area contributed by atoms with Crippen LogP contribution in [0.15, 0.2) is 30.9 Å². The van der Waals surface area contributed by atoms with E-state index < -0.39 is 0 Å². The van der Waals surface area contributed by atoms with Gasteiger partial charge in [-0.3, -0.25) is 0 Å². The molecule has 0 bridgehead atoms. The van der Waals surface area contributed by atoms with Crippen LogP contribution < -0.4 is 5.32 Å². The van der Waals surface area contributed by atoms with Crippen molar-refractivity contribution in [1.82, 2.24) is 0 Å². The Morgan fingerprint density at radius 1 is 1.58 bits per heavy atom. The fraction of sp³-hybridized carbons (Fsp3) is 0.200. The molecule has 0 radical (unpaired) electrons. The Bertz CT molecular complexity index is 281. The number of aryl methyl sites for hydroxylation is 1. The lowest BCUT2D eigenvalue weighted by molar-refractivity contribution is 0.630. The molecule has 0 aliphatic rings. The van der Waals surface area contributed by atoms with E-state index in [2.05, 4.69) is 11.9 Å². The highest BCUT2D eigenvalue weighted by Crippen LogP contribution is 2.14. The summed E-state index contributed by atoms with van der Waals surface area (Å²) in [5.74, 6) is -0.220. The van der Waals surface area contributed by atoms with Crippen LogP contribution in [0.25, 0.3) is 0 Å². The largest absolute Gasteiger partial charge is 0.379 e. The van der Waals surface area contributed by atoms with Gasteiger partial charge in [0, 0.05) is 6.54 Å². The van der Waals surface area contributed by atoms with Gasteiger partial charge in [-0.1, -0.05) is 12.1 Å². The van der Waals surface area contributed by atoms with E-state index in [4.69, 9.17) is 0 Å². The van der Waals surface area contributed by atoms with Gasteiger partial charge in [0.2, 0.25) is 0 Å². The molecule has 0 atom stereocenters. The predicted octanol–water partition coefficient (Wildman–Crippen LogP) is 2.73. The number of hydrogen-bond acceptors (Lipinski definition) is 1. The highest BCUT2D eigenvalue weighted by atomic mass is 19.1. The van der Waals surface area contributed by atoms with Gasteiger partial charge in [0.1, 0.15) is 5.82 Å². The topological polar surface area (TPSA) is 12.0 Å². The van der Waals surface area contributed by atoms with Crippen molar-refractivity contribution in [1.29, 1.82) is 0 Å². The quantitative estimate of drug-likeness (QED) is 0.679. The molecule has 0 aliphatic carbocycles. The van der Waals surface area contributed by atoms with Gasteiger partial charge in [-0.15, -0.1) is 6.58 Å². The number of halogens is 1. The SMILES string of the molecule is C=CCNc1cc(C)ccc1F. The summed E-state index contributed by atoms with van der Waals surface area (Å²) in [4.78, 5) is 0. The summed E-state index contributed by atoms with van der Waals surface area (Å²) in [5, 5.41) is 2.91. The van der Waals surface area contributed by atoms with Gasteiger partial charge in [0.25, 0.3) is 0 Å². The van der Waals surface area contributed by atoms with E-state index in [-0.39, 0.29) is 5.82 Å². The highest BCUT2D eigenvalue weighted by molar-refractivity contribution is 5.47. The molecular formula is C10H12FN. The first-order chi connectivity index (χ1) is 5.74. The molecule has 0 fully saturated rings. The Hall–Kier alpha value is -1.31. The van der Waals surface area contributed by atoms with Crippen LogP contribution in [-0.2, 0) is 0 Å². The molecule has 0 saturated heterocycles. The molecule has 64 valence electrons. The zero-order valence-electron chi connectivity index (χ0n) is 7.10. The molecule has 0 heterocycles. The minimum absolute atomic E-state index is 0.220. The van der Waals surface area contributed by atoms with Crippen LogP contribution in [0.4, 0.5) is 10.1 Å². The van der Waals surface area contributed by atoms with E-state index in [1.165, 1.54) is 6.07 Å².